The molecule has 0 aliphatic heterocycles. The monoisotopic (exact) mass is 290 g/mol. The summed E-state index contributed by atoms with van der Waals surface area (Å²) in [5, 5.41) is 13.2. The molecule has 0 aliphatic carbocycles. The van der Waals surface area contributed by atoms with Crippen LogP contribution in [0.3, 0.4) is 0 Å². The van der Waals surface area contributed by atoms with Crippen molar-refractivity contribution >= 4 is 20.0 Å². The number of rotatable bonds is 5. The van der Waals surface area contributed by atoms with Gasteiger partial charge < -0.3 is 0 Å². The number of hydrogen-bond donors (Lipinski definition) is 2. The molecule has 1 rings (SSSR count). The first-order valence-corrected chi connectivity index (χ1v) is 7.81. The van der Waals surface area contributed by atoms with Crippen molar-refractivity contribution in [3.05, 3.63) is 24.0 Å². The Labute approximate surface area is 105 Å². The van der Waals surface area contributed by atoms with Crippen molar-refractivity contribution in [2.24, 2.45) is 5.14 Å². The number of nitrogens with two attached hydrogens (primary N) is 1. The number of hydrogen-bond acceptors (Lipinski definition) is 6. The van der Waals surface area contributed by atoms with E-state index in [9.17, 15) is 16.8 Å². The van der Waals surface area contributed by atoms with Crippen LogP contribution in [0.1, 0.15) is 5.69 Å². The number of aromatic nitrogens is 1. The van der Waals surface area contributed by atoms with Crippen LogP contribution < -0.4 is 9.86 Å². The summed E-state index contributed by atoms with van der Waals surface area (Å²) in [6, 6.07) is 4.19. The Balaban J connectivity index is 2.78. The van der Waals surface area contributed by atoms with Gasteiger partial charge in [-0.2, -0.15) is 5.26 Å². The molecule has 10 heteroatoms. The van der Waals surface area contributed by atoms with E-state index in [0.717, 1.165) is 6.20 Å². The van der Waals surface area contributed by atoms with Crippen molar-refractivity contribution in [2.45, 2.75) is 4.90 Å². The Morgan fingerprint density at radius 3 is 2.44 bits per heavy atom. The Bertz CT molecular complexity index is 658. The molecule has 1 heterocycles. The predicted octanol–water partition coefficient (Wildman–Crippen LogP) is -1.48. The summed E-state index contributed by atoms with van der Waals surface area (Å²) >= 11 is 0. The van der Waals surface area contributed by atoms with Gasteiger partial charge in [0.1, 0.15) is 16.7 Å². The Hall–Kier alpha value is -1.54. The summed E-state index contributed by atoms with van der Waals surface area (Å²) < 4.78 is 46.6. The summed E-state index contributed by atoms with van der Waals surface area (Å²) in [6.45, 7) is -0.332. The van der Waals surface area contributed by atoms with Gasteiger partial charge in [-0.25, -0.2) is 31.7 Å². The fourth-order valence-electron chi connectivity index (χ4n) is 1.01. The third kappa shape index (κ3) is 4.38. The average Bonchev–Trinajstić information content (AvgIpc) is 2.27. The second kappa shape index (κ2) is 5.40. The maximum absolute atomic E-state index is 11.6. The largest absolute Gasteiger partial charge is 0.244 e. The highest BCUT2D eigenvalue weighted by Gasteiger charge is 2.15. The molecular formula is C8H10N4O4S2. The predicted molar refractivity (Wildman–Crippen MR) is 62.1 cm³/mol. The van der Waals surface area contributed by atoms with Crippen molar-refractivity contribution < 1.29 is 16.8 Å². The molecule has 0 aromatic carbocycles. The van der Waals surface area contributed by atoms with Crippen LogP contribution in [0.2, 0.25) is 0 Å². The summed E-state index contributed by atoms with van der Waals surface area (Å²) in [5.41, 5.74) is 0.0819. The van der Waals surface area contributed by atoms with Gasteiger partial charge in [-0.05, 0) is 12.1 Å². The molecule has 0 atom stereocenters. The van der Waals surface area contributed by atoms with Gasteiger partial charge in [0.2, 0.25) is 20.0 Å². The van der Waals surface area contributed by atoms with E-state index in [1.54, 1.807) is 6.07 Å². The van der Waals surface area contributed by atoms with Gasteiger partial charge in [0.05, 0.1) is 5.75 Å². The molecule has 0 aliphatic rings. The first kappa shape index (κ1) is 14.5. The maximum Gasteiger partial charge on any atom is 0.242 e. The van der Waals surface area contributed by atoms with E-state index in [2.05, 4.69) is 9.71 Å². The third-order valence-electron chi connectivity index (χ3n) is 1.84. The topological polar surface area (TPSA) is 143 Å². The number of primary sulfonamides is 1. The zero-order valence-corrected chi connectivity index (χ0v) is 10.7. The van der Waals surface area contributed by atoms with Crippen molar-refractivity contribution in [3.8, 4) is 6.07 Å². The van der Waals surface area contributed by atoms with E-state index >= 15 is 0 Å². The lowest BCUT2D eigenvalue weighted by atomic mass is 10.4. The van der Waals surface area contributed by atoms with E-state index < -0.39 is 25.8 Å². The van der Waals surface area contributed by atoms with Gasteiger partial charge >= 0.3 is 0 Å². The van der Waals surface area contributed by atoms with Gasteiger partial charge in [-0.1, -0.05) is 0 Å². The second-order valence-corrected chi connectivity index (χ2v) is 6.76. The van der Waals surface area contributed by atoms with Crippen LogP contribution in [-0.2, 0) is 20.0 Å². The zero-order chi connectivity index (χ0) is 13.8. The van der Waals surface area contributed by atoms with E-state index in [1.165, 1.54) is 12.1 Å². The van der Waals surface area contributed by atoms with Crippen LogP contribution in [0.25, 0.3) is 0 Å². The van der Waals surface area contributed by atoms with Crippen molar-refractivity contribution in [1.29, 1.82) is 5.26 Å². The zero-order valence-electron chi connectivity index (χ0n) is 9.07. The summed E-state index contributed by atoms with van der Waals surface area (Å²) in [4.78, 5) is 3.44. The lowest BCUT2D eigenvalue weighted by Crippen LogP contribution is -2.31. The Morgan fingerprint density at radius 1 is 1.33 bits per heavy atom. The molecule has 8 nitrogen and oxygen atoms in total. The lowest BCUT2D eigenvalue weighted by Gasteiger charge is -2.05. The van der Waals surface area contributed by atoms with Crippen LogP contribution in [-0.4, -0.2) is 34.1 Å². The molecular weight excluding hydrogens is 280 g/mol. The molecule has 0 spiro atoms. The highest BCUT2D eigenvalue weighted by atomic mass is 32.2. The summed E-state index contributed by atoms with van der Waals surface area (Å²) in [5.74, 6) is -0.504. The van der Waals surface area contributed by atoms with Crippen molar-refractivity contribution in [3.63, 3.8) is 0 Å². The number of nitriles is 1. The van der Waals surface area contributed by atoms with Crippen LogP contribution in [0.4, 0.5) is 0 Å². The molecule has 0 fully saturated rings. The standard InChI is InChI=1S/C8H10N4O4S2/c9-5-7-1-2-8(6-11-7)18(15,16)12-3-4-17(10,13)14/h1-2,6,12H,3-4H2,(H2,10,13,14). The molecule has 0 saturated carbocycles. The smallest absolute Gasteiger partial charge is 0.242 e. The summed E-state index contributed by atoms with van der Waals surface area (Å²) in [6.07, 6.45) is 1.01. The molecule has 0 bridgehead atoms. The highest BCUT2D eigenvalue weighted by Crippen LogP contribution is 2.06. The first-order chi connectivity index (χ1) is 8.24. The Morgan fingerprint density at radius 2 is 2.00 bits per heavy atom. The molecule has 98 valence electrons. The van der Waals surface area contributed by atoms with E-state index in [-0.39, 0.29) is 17.1 Å². The Kier molecular flexibility index (Phi) is 4.36. The normalized spacial score (nSPS) is 12.0. The molecule has 0 saturated heterocycles. The molecule has 0 radical (unpaired) electrons. The number of pyridine rings is 1. The molecule has 0 unspecified atom stereocenters. The average molecular weight is 290 g/mol. The fourth-order valence-corrected chi connectivity index (χ4v) is 2.50. The SMILES string of the molecule is N#Cc1ccc(S(=O)(=O)NCCS(N)(=O)=O)cn1. The molecule has 1 aromatic rings. The highest BCUT2D eigenvalue weighted by molar-refractivity contribution is 7.90. The first-order valence-electron chi connectivity index (χ1n) is 4.61. The minimum atomic E-state index is -3.85. The quantitative estimate of drug-likeness (QED) is 0.677. The van der Waals surface area contributed by atoms with Gasteiger partial charge in [-0.15, -0.1) is 0 Å². The van der Waals surface area contributed by atoms with Crippen LogP contribution >= 0.6 is 0 Å². The van der Waals surface area contributed by atoms with Crippen LogP contribution in [0.5, 0.6) is 0 Å². The van der Waals surface area contributed by atoms with Crippen LogP contribution in [0, 0.1) is 11.3 Å². The molecule has 1 aromatic heterocycles. The summed E-state index contributed by atoms with van der Waals surface area (Å²) in [7, 11) is -7.57. The van der Waals surface area contributed by atoms with Gasteiger partial charge in [0.25, 0.3) is 0 Å². The minimum absolute atomic E-state index is 0.0819. The van der Waals surface area contributed by atoms with Gasteiger partial charge in [-0.3, -0.25) is 0 Å². The number of nitrogens with zero attached hydrogens (tertiary/aromatic N) is 2. The van der Waals surface area contributed by atoms with Gasteiger partial charge in [0.15, 0.2) is 0 Å². The van der Waals surface area contributed by atoms with Gasteiger partial charge in [0, 0.05) is 12.7 Å². The maximum atomic E-state index is 11.6. The molecule has 0 amide bonds. The fraction of sp³-hybridized carbons (Fsp3) is 0.250. The second-order valence-electron chi connectivity index (χ2n) is 3.26. The van der Waals surface area contributed by atoms with Crippen LogP contribution in [0.15, 0.2) is 23.2 Å². The number of sulfonamides is 2. The molecule has 3 N–H and O–H groups in total. The molecule has 18 heavy (non-hydrogen) atoms. The van der Waals surface area contributed by atoms with E-state index in [0.29, 0.717) is 0 Å². The lowest BCUT2D eigenvalue weighted by molar-refractivity contribution is 0.581. The number of nitrogens with one attached hydrogen (secondary N) is 1. The van der Waals surface area contributed by atoms with Crippen molar-refractivity contribution in [1.82, 2.24) is 9.71 Å². The van der Waals surface area contributed by atoms with Crippen molar-refractivity contribution in [2.75, 3.05) is 12.3 Å². The van der Waals surface area contributed by atoms with E-state index in [4.69, 9.17) is 10.4 Å². The van der Waals surface area contributed by atoms with E-state index in [1.807, 2.05) is 0 Å². The third-order valence-corrected chi connectivity index (χ3v) is 4.06. The minimum Gasteiger partial charge on any atom is -0.244 e.